The number of hydrazine groups is 1. The highest BCUT2D eigenvalue weighted by atomic mass is 16.5. The molecule has 2 atom stereocenters. The van der Waals surface area contributed by atoms with E-state index in [2.05, 4.69) is 23.4 Å². The van der Waals surface area contributed by atoms with Crippen LogP contribution in [0.15, 0.2) is 12.3 Å². The molecule has 0 spiro atoms. The maximum absolute atomic E-state index is 5.68. The fraction of sp³-hybridized carbons (Fsp3) is 0.800. The molecule has 1 N–H and O–H groups in total. The van der Waals surface area contributed by atoms with Gasteiger partial charge < -0.3 is 10.2 Å². The molecule has 2 aliphatic rings. The third-order valence-corrected chi connectivity index (χ3v) is 2.78. The first-order valence-corrected chi connectivity index (χ1v) is 5.17. The largest absolute Gasteiger partial charge is 0.377 e. The Hall–Kier alpha value is -0.540. The maximum atomic E-state index is 5.68. The van der Waals surface area contributed by atoms with E-state index in [4.69, 9.17) is 4.74 Å². The number of hydrogen-bond donors (Lipinski definition) is 1. The summed E-state index contributed by atoms with van der Waals surface area (Å²) in [4.78, 5) is 0. The average molecular weight is 182 g/mol. The zero-order valence-corrected chi connectivity index (χ0v) is 8.20. The minimum Gasteiger partial charge on any atom is -0.377 e. The highest BCUT2D eigenvalue weighted by molar-refractivity contribution is 4.96. The van der Waals surface area contributed by atoms with Gasteiger partial charge in [-0.3, -0.25) is 0 Å². The van der Waals surface area contributed by atoms with Crippen molar-refractivity contribution in [1.82, 2.24) is 10.4 Å². The smallest absolute Gasteiger partial charge is 0.0720 e. The van der Waals surface area contributed by atoms with E-state index in [0.717, 1.165) is 13.2 Å². The van der Waals surface area contributed by atoms with Crippen molar-refractivity contribution in [3.8, 4) is 0 Å². The molecule has 0 amide bonds. The Morgan fingerprint density at radius 2 is 2.46 bits per heavy atom. The minimum absolute atomic E-state index is 0.434. The number of nitrogens with one attached hydrogen (secondary N) is 1. The van der Waals surface area contributed by atoms with E-state index in [9.17, 15) is 0 Å². The molecule has 2 rings (SSSR count). The lowest BCUT2D eigenvalue weighted by molar-refractivity contribution is -0.0142. The van der Waals surface area contributed by atoms with Crippen LogP contribution in [0.4, 0.5) is 0 Å². The van der Waals surface area contributed by atoms with Gasteiger partial charge in [0.2, 0.25) is 0 Å². The molecule has 0 aromatic rings. The zero-order chi connectivity index (χ0) is 9.10. The van der Waals surface area contributed by atoms with Crippen LogP contribution in [-0.4, -0.2) is 30.3 Å². The van der Waals surface area contributed by atoms with Crippen LogP contribution in [0.25, 0.3) is 0 Å². The predicted octanol–water partition coefficient (Wildman–Crippen LogP) is 1.28. The van der Waals surface area contributed by atoms with Crippen molar-refractivity contribution >= 4 is 0 Å². The van der Waals surface area contributed by atoms with Gasteiger partial charge in [-0.05, 0) is 32.3 Å². The molecule has 0 bridgehead atoms. The standard InChI is InChI=1S/C10H18N2O/c1-9-5-6-11-12(9)8-10-4-2-3-7-13-10/h5-6,9-11H,2-4,7-8H2,1H3. The lowest BCUT2D eigenvalue weighted by atomic mass is 10.1. The van der Waals surface area contributed by atoms with Crippen LogP contribution >= 0.6 is 0 Å². The van der Waals surface area contributed by atoms with Crippen LogP contribution in [0, 0.1) is 0 Å². The Morgan fingerprint density at radius 3 is 3.08 bits per heavy atom. The van der Waals surface area contributed by atoms with Crippen molar-refractivity contribution in [2.24, 2.45) is 0 Å². The van der Waals surface area contributed by atoms with E-state index in [1.807, 2.05) is 6.20 Å². The third kappa shape index (κ3) is 2.23. The number of ether oxygens (including phenoxy) is 1. The van der Waals surface area contributed by atoms with Crippen molar-refractivity contribution in [3.63, 3.8) is 0 Å². The third-order valence-electron chi connectivity index (χ3n) is 2.78. The minimum atomic E-state index is 0.434. The van der Waals surface area contributed by atoms with Gasteiger partial charge >= 0.3 is 0 Å². The molecular weight excluding hydrogens is 164 g/mol. The van der Waals surface area contributed by atoms with Crippen molar-refractivity contribution in [2.75, 3.05) is 13.2 Å². The molecule has 0 saturated carbocycles. The summed E-state index contributed by atoms with van der Waals surface area (Å²) in [5, 5.41) is 2.23. The monoisotopic (exact) mass is 182 g/mol. The summed E-state index contributed by atoms with van der Waals surface area (Å²) in [6.45, 7) is 4.15. The predicted molar refractivity (Wildman–Crippen MR) is 52.0 cm³/mol. The molecule has 74 valence electrons. The van der Waals surface area contributed by atoms with Crippen molar-refractivity contribution < 1.29 is 4.74 Å². The zero-order valence-electron chi connectivity index (χ0n) is 8.20. The Bertz CT molecular complexity index is 187. The van der Waals surface area contributed by atoms with Crippen molar-refractivity contribution in [1.29, 1.82) is 0 Å². The second-order valence-corrected chi connectivity index (χ2v) is 3.87. The van der Waals surface area contributed by atoms with Gasteiger partial charge in [0.05, 0.1) is 6.10 Å². The molecule has 1 saturated heterocycles. The van der Waals surface area contributed by atoms with Crippen LogP contribution in [0.3, 0.4) is 0 Å². The normalized spacial score (nSPS) is 34.8. The maximum Gasteiger partial charge on any atom is 0.0720 e. The second-order valence-electron chi connectivity index (χ2n) is 3.87. The summed E-state index contributed by atoms with van der Waals surface area (Å²) < 4.78 is 5.68. The van der Waals surface area contributed by atoms with Crippen molar-refractivity contribution in [3.05, 3.63) is 12.3 Å². The Balaban J connectivity index is 1.76. The number of rotatable bonds is 2. The van der Waals surface area contributed by atoms with Crippen LogP contribution < -0.4 is 5.43 Å². The second kappa shape index (κ2) is 4.11. The first-order valence-electron chi connectivity index (χ1n) is 5.17. The summed E-state index contributed by atoms with van der Waals surface area (Å²) in [7, 11) is 0. The Morgan fingerprint density at radius 1 is 1.54 bits per heavy atom. The van der Waals surface area contributed by atoms with Gasteiger partial charge in [0.25, 0.3) is 0 Å². The van der Waals surface area contributed by atoms with Crippen LogP contribution in [0.1, 0.15) is 26.2 Å². The lowest BCUT2D eigenvalue weighted by Gasteiger charge is -2.29. The van der Waals surface area contributed by atoms with Crippen LogP contribution in [0.5, 0.6) is 0 Å². The fourth-order valence-electron chi connectivity index (χ4n) is 1.89. The highest BCUT2D eigenvalue weighted by Gasteiger charge is 2.21. The van der Waals surface area contributed by atoms with E-state index >= 15 is 0 Å². The van der Waals surface area contributed by atoms with Crippen LogP contribution in [0.2, 0.25) is 0 Å². The van der Waals surface area contributed by atoms with E-state index in [1.165, 1.54) is 19.3 Å². The summed E-state index contributed by atoms with van der Waals surface area (Å²) in [6, 6.07) is 0.505. The molecule has 2 aliphatic heterocycles. The molecular formula is C10H18N2O. The number of nitrogens with zero attached hydrogens (tertiary/aromatic N) is 1. The molecule has 0 aromatic heterocycles. The summed E-state index contributed by atoms with van der Waals surface area (Å²) in [5.74, 6) is 0. The highest BCUT2D eigenvalue weighted by Crippen LogP contribution is 2.15. The summed E-state index contributed by atoms with van der Waals surface area (Å²) in [5.41, 5.74) is 3.23. The molecule has 1 fully saturated rings. The van der Waals surface area contributed by atoms with Gasteiger partial charge in [-0.25, -0.2) is 5.01 Å². The van der Waals surface area contributed by atoms with E-state index < -0.39 is 0 Å². The van der Waals surface area contributed by atoms with Gasteiger partial charge in [-0.2, -0.15) is 0 Å². The molecule has 0 aliphatic carbocycles. The van der Waals surface area contributed by atoms with Gasteiger partial charge in [-0.15, -0.1) is 0 Å². The number of hydrogen-bond acceptors (Lipinski definition) is 3. The molecule has 2 heterocycles. The molecule has 2 unspecified atom stereocenters. The van der Waals surface area contributed by atoms with Gasteiger partial charge in [0.15, 0.2) is 0 Å². The molecule has 0 aromatic carbocycles. The Labute approximate surface area is 79.7 Å². The van der Waals surface area contributed by atoms with Crippen molar-refractivity contribution in [2.45, 2.75) is 38.3 Å². The van der Waals surface area contributed by atoms with E-state index in [0.29, 0.717) is 12.1 Å². The first-order chi connectivity index (χ1) is 6.36. The topological polar surface area (TPSA) is 24.5 Å². The fourth-order valence-corrected chi connectivity index (χ4v) is 1.89. The summed E-state index contributed by atoms with van der Waals surface area (Å²) in [6.07, 6.45) is 8.38. The Kier molecular flexibility index (Phi) is 2.86. The molecule has 13 heavy (non-hydrogen) atoms. The van der Waals surface area contributed by atoms with E-state index in [1.54, 1.807) is 0 Å². The first kappa shape index (κ1) is 9.03. The van der Waals surface area contributed by atoms with Gasteiger partial charge in [0.1, 0.15) is 0 Å². The average Bonchev–Trinajstić information content (AvgIpc) is 2.54. The van der Waals surface area contributed by atoms with E-state index in [-0.39, 0.29) is 0 Å². The molecule has 0 radical (unpaired) electrons. The van der Waals surface area contributed by atoms with Gasteiger partial charge in [-0.1, -0.05) is 0 Å². The van der Waals surface area contributed by atoms with Gasteiger partial charge in [0, 0.05) is 25.4 Å². The quantitative estimate of drug-likeness (QED) is 0.696. The lowest BCUT2D eigenvalue weighted by Crippen LogP contribution is -2.43. The molecule has 3 nitrogen and oxygen atoms in total. The molecule has 3 heteroatoms. The SMILES string of the molecule is CC1C=CNN1CC1CCCCO1. The summed E-state index contributed by atoms with van der Waals surface area (Å²) >= 11 is 0. The van der Waals surface area contributed by atoms with Crippen LogP contribution in [-0.2, 0) is 4.74 Å².